The molecule has 0 bridgehead atoms. The van der Waals surface area contributed by atoms with E-state index in [1.165, 1.54) is 0 Å². The van der Waals surface area contributed by atoms with Crippen LogP contribution in [0.5, 0.6) is 5.75 Å². The van der Waals surface area contributed by atoms with Gasteiger partial charge in [0.25, 0.3) is 0 Å². The Labute approximate surface area is 211 Å². The number of rotatable bonds is 6. The van der Waals surface area contributed by atoms with Gasteiger partial charge in [-0.1, -0.05) is 6.07 Å². The van der Waals surface area contributed by atoms with Crippen LogP contribution in [0.2, 0.25) is 0 Å². The van der Waals surface area contributed by atoms with E-state index in [1.807, 2.05) is 44.6 Å². The predicted molar refractivity (Wildman–Crippen MR) is 146 cm³/mol. The molecule has 1 aliphatic rings. The molecule has 5 rings (SSSR count). The van der Waals surface area contributed by atoms with Crippen molar-refractivity contribution in [3.8, 4) is 11.4 Å². The normalized spacial score (nSPS) is 17.4. The summed E-state index contributed by atoms with van der Waals surface area (Å²) in [6, 6.07) is 26.8. The quantitative estimate of drug-likeness (QED) is 0.369. The van der Waals surface area contributed by atoms with Crippen LogP contribution in [0.15, 0.2) is 85.1 Å². The fourth-order valence-electron chi connectivity index (χ4n) is 4.72. The highest BCUT2D eigenvalue weighted by Crippen LogP contribution is 2.43. The van der Waals surface area contributed by atoms with E-state index in [4.69, 9.17) is 17.0 Å². The van der Waals surface area contributed by atoms with Gasteiger partial charge in [-0.25, -0.2) is 0 Å². The van der Waals surface area contributed by atoms with E-state index in [9.17, 15) is 0 Å². The summed E-state index contributed by atoms with van der Waals surface area (Å²) in [6.07, 6.45) is 1.83. The summed E-state index contributed by atoms with van der Waals surface area (Å²) in [6.45, 7) is 2.13. The molecule has 4 aromatic rings. The van der Waals surface area contributed by atoms with Crippen LogP contribution in [-0.4, -0.2) is 35.9 Å². The highest BCUT2D eigenvalue weighted by molar-refractivity contribution is 7.80. The maximum absolute atomic E-state index is 5.91. The van der Waals surface area contributed by atoms with Crippen LogP contribution >= 0.6 is 12.2 Å². The number of thiocarbonyl (C=S) groups is 1. The first-order valence-electron chi connectivity index (χ1n) is 11.6. The molecule has 2 aromatic heterocycles. The number of nitrogens with zero attached hydrogens (tertiary/aromatic N) is 4. The third-order valence-electron chi connectivity index (χ3n) is 6.48. The lowest BCUT2D eigenvalue weighted by atomic mass is 10.0. The summed E-state index contributed by atoms with van der Waals surface area (Å²) < 4.78 is 7.67. The van der Waals surface area contributed by atoms with Crippen LogP contribution in [0.25, 0.3) is 5.69 Å². The molecule has 2 atom stereocenters. The van der Waals surface area contributed by atoms with E-state index in [2.05, 4.69) is 86.2 Å². The van der Waals surface area contributed by atoms with Crippen LogP contribution in [0, 0.1) is 6.92 Å². The summed E-state index contributed by atoms with van der Waals surface area (Å²) in [4.78, 5) is 8.99. The smallest absolute Gasteiger partial charge is 0.174 e. The summed E-state index contributed by atoms with van der Waals surface area (Å²) in [5, 5.41) is 4.25. The van der Waals surface area contributed by atoms with Gasteiger partial charge in [0.05, 0.1) is 18.8 Å². The van der Waals surface area contributed by atoms with E-state index in [1.54, 1.807) is 7.11 Å². The number of nitrogens with one attached hydrogen (secondary N) is 1. The summed E-state index contributed by atoms with van der Waals surface area (Å²) >= 11 is 5.91. The molecule has 2 aromatic carbocycles. The van der Waals surface area contributed by atoms with Crippen molar-refractivity contribution in [2.75, 3.05) is 31.0 Å². The zero-order valence-corrected chi connectivity index (χ0v) is 21.2. The molecule has 6 nitrogen and oxygen atoms in total. The molecule has 35 heavy (non-hydrogen) atoms. The van der Waals surface area contributed by atoms with Gasteiger partial charge in [0.2, 0.25) is 0 Å². The second kappa shape index (κ2) is 9.43. The van der Waals surface area contributed by atoms with Crippen LogP contribution in [0.1, 0.15) is 29.2 Å². The van der Waals surface area contributed by atoms with Gasteiger partial charge < -0.3 is 24.4 Å². The fraction of sp³-hybridized carbons (Fsp3) is 0.214. The minimum absolute atomic E-state index is 0.0987. The van der Waals surface area contributed by atoms with Gasteiger partial charge in [-0.15, -0.1) is 0 Å². The SMILES string of the molecule is COc1ccc(-n2c(C)ccc2[C@@H]2[C@@H](c3ccccn3)NC(=S)N2c2ccc(N(C)C)cc2)cc1. The number of hydrogen-bond acceptors (Lipinski definition) is 4. The number of aromatic nitrogens is 2. The molecule has 0 saturated carbocycles. The number of pyridine rings is 1. The number of benzene rings is 2. The van der Waals surface area contributed by atoms with E-state index in [0.717, 1.165) is 39.9 Å². The Morgan fingerprint density at radius 2 is 1.63 bits per heavy atom. The molecule has 178 valence electrons. The highest BCUT2D eigenvalue weighted by Gasteiger charge is 2.42. The first-order valence-corrected chi connectivity index (χ1v) is 12.0. The molecule has 0 amide bonds. The Bertz CT molecular complexity index is 1320. The van der Waals surface area contributed by atoms with Crippen molar-refractivity contribution in [3.05, 3.63) is 102 Å². The Morgan fingerprint density at radius 3 is 2.26 bits per heavy atom. The molecule has 1 aliphatic heterocycles. The van der Waals surface area contributed by atoms with Gasteiger partial charge in [0.1, 0.15) is 11.8 Å². The second-order valence-electron chi connectivity index (χ2n) is 8.84. The van der Waals surface area contributed by atoms with Crippen molar-refractivity contribution in [3.63, 3.8) is 0 Å². The number of ether oxygens (including phenoxy) is 1. The van der Waals surface area contributed by atoms with Crippen molar-refractivity contribution in [1.29, 1.82) is 0 Å². The van der Waals surface area contributed by atoms with Crippen molar-refractivity contribution in [1.82, 2.24) is 14.9 Å². The molecule has 1 saturated heterocycles. The van der Waals surface area contributed by atoms with E-state index >= 15 is 0 Å². The lowest BCUT2D eigenvalue weighted by molar-refractivity contribution is 0.414. The standard InChI is InChI=1S/C28H29N5OS/c1-19-8-17-25(32(19)21-13-15-23(34-4)16-14-21)27-26(24-7-5-6-18-29-24)30-28(35)33(27)22-11-9-20(10-12-22)31(2)3/h5-18,26-27H,1-4H3,(H,30,35)/t26-,27-/m1/s1. The summed E-state index contributed by atoms with van der Waals surface area (Å²) in [7, 11) is 5.77. The Balaban J connectivity index is 1.65. The zero-order valence-electron chi connectivity index (χ0n) is 20.3. The Morgan fingerprint density at radius 1 is 0.914 bits per heavy atom. The first kappa shape index (κ1) is 22.9. The average molecular weight is 484 g/mol. The topological polar surface area (TPSA) is 45.6 Å². The number of anilines is 2. The molecule has 1 N–H and O–H groups in total. The van der Waals surface area contributed by atoms with Gasteiger partial charge in [0.15, 0.2) is 5.11 Å². The number of methoxy groups -OCH3 is 1. The lowest BCUT2D eigenvalue weighted by Crippen LogP contribution is -2.30. The van der Waals surface area contributed by atoms with Gasteiger partial charge >= 0.3 is 0 Å². The molecule has 3 heterocycles. The maximum atomic E-state index is 5.91. The van der Waals surface area contributed by atoms with E-state index in [0.29, 0.717) is 5.11 Å². The van der Waals surface area contributed by atoms with Gasteiger partial charge in [0, 0.05) is 48.7 Å². The molecule has 0 radical (unpaired) electrons. The van der Waals surface area contributed by atoms with Crippen LogP contribution in [0.4, 0.5) is 11.4 Å². The fourth-order valence-corrected chi connectivity index (χ4v) is 5.06. The summed E-state index contributed by atoms with van der Waals surface area (Å²) in [5.41, 5.74) is 6.48. The van der Waals surface area contributed by atoms with Crippen LogP contribution in [-0.2, 0) is 0 Å². The minimum atomic E-state index is -0.108. The van der Waals surface area contributed by atoms with Crippen molar-refractivity contribution in [2.24, 2.45) is 0 Å². The first-order chi connectivity index (χ1) is 17.0. The molecule has 7 heteroatoms. The Kier molecular flexibility index (Phi) is 6.17. The lowest BCUT2D eigenvalue weighted by Gasteiger charge is -2.29. The second-order valence-corrected chi connectivity index (χ2v) is 9.23. The van der Waals surface area contributed by atoms with Crippen molar-refractivity contribution in [2.45, 2.75) is 19.0 Å². The zero-order chi connectivity index (χ0) is 24.5. The molecule has 0 unspecified atom stereocenters. The third kappa shape index (κ3) is 4.23. The number of aryl methyl sites for hydroxylation is 1. The average Bonchev–Trinajstić information content (AvgIpc) is 3.43. The molecular weight excluding hydrogens is 454 g/mol. The third-order valence-corrected chi connectivity index (χ3v) is 6.80. The largest absolute Gasteiger partial charge is 0.497 e. The molecular formula is C28H29N5OS. The van der Waals surface area contributed by atoms with E-state index in [-0.39, 0.29) is 12.1 Å². The highest BCUT2D eigenvalue weighted by atomic mass is 32.1. The van der Waals surface area contributed by atoms with Gasteiger partial charge in [-0.2, -0.15) is 0 Å². The van der Waals surface area contributed by atoms with Gasteiger partial charge in [-0.3, -0.25) is 4.98 Å². The Hall–Kier alpha value is -3.84. The minimum Gasteiger partial charge on any atom is -0.497 e. The van der Waals surface area contributed by atoms with Gasteiger partial charge in [-0.05, 0) is 91.9 Å². The molecule has 0 aliphatic carbocycles. The summed E-state index contributed by atoms with van der Waals surface area (Å²) in [5.74, 6) is 0.831. The number of hydrogen-bond donors (Lipinski definition) is 1. The van der Waals surface area contributed by atoms with Crippen LogP contribution in [0.3, 0.4) is 0 Å². The van der Waals surface area contributed by atoms with Crippen LogP contribution < -0.4 is 19.9 Å². The van der Waals surface area contributed by atoms with E-state index < -0.39 is 0 Å². The predicted octanol–water partition coefficient (Wildman–Crippen LogP) is 5.43. The van der Waals surface area contributed by atoms with Crippen molar-refractivity contribution < 1.29 is 4.74 Å². The van der Waals surface area contributed by atoms with Crippen molar-refractivity contribution >= 4 is 28.7 Å². The molecule has 1 fully saturated rings. The monoisotopic (exact) mass is 483 g/mol. The molecule has 0 spiro atoms. The maximum Gasteiger partial charge on any atom is 0.174 e.